The van der Waals surface area contributed by atoms with Gasteiger partial charge in [-0.2, -0.15) is 43.9 Å². The molecular formula is C15H7F13O4. The molecule has 1 aromatic rings. The zero-order valence-electron chi connectivity index (χ0n) is 14.6. The van der Waals surface area contributed by atoms with E-state index >= 15 is 0 Å². The third kappa shape index (κ3) is 5.67. The van der Waals surface area contributed by atoms with E-state index in [2.05, 4.69) is 0 Å². The molecule has 0 bridgehead atoms. The van der Waals surface area contributed by atoms with E-state index in [-0.39, 0.29) is 0 Å². The average Bonchev–Trinajstić information content (AvgIpc) is 2.58. The molecule has 0 aliphatic heterocycles. The standard InChI is InChI=1S/C15H7F13O4/c16-10(17,9(30)6-8(29)7-4-2-1-3-5-7)12(20,21)31-13(22,23)11(18,19)14(24,25)32-15(26,27)28/h1-5H,6H2. The van der Waals surface area contributed by atoms with Crippen LogP contribution in [0.15, 0.2) is 30.3 Å². The maximum Gasteiger partial charge on any atom is 0.527 e. The number of benzene rings is 1. The lowest BCUT2D eigenvalue weighted by atomic mass is 10.0. The number of carbonyl (C=O) groups is 2. The second kappa shape index (κ2) is 8.49. The lowest BCUT2D eigenvalue weighted by Gasteiger charge is -2.35. The van der Waals surface area contributed by atoms with Crippen LogP contribution in [0.2, 0.25) is 0 Å². The molecule has 0 amide bonds. The van der Waals surface area contributed by atoms with Gasteiger partial charge in [0.2, 0.25) is 5.78 Å². The van der Waals surface area contributed by atoms with Crippen molar-refractivity contribution in [1.82, 2.24) is 0 Å². The predicted molar refractivity (Wildman–Crippen MR) is 73.4 cm³/mol. The van der Waals surface area contributed by atoms with E-state index in [1.807, 2.05) is 0 Å². The van der Waals surface area contributed by atoms with Gasteiger partial charge in [0.15, 0.2) is 5.78 Å². The van der Waals surface area contributed by atoms with E-state index in [9.17, 15) is 66.7 Å². The van der Waals surface area contributed by atoms with Gasteiger partial charge in [-0.3, -0.25) is 9.59 Å². The summed E-state index contributed by atoms with van der Waals surface area (Å²) in [6.07, 6.45) is -30.5. The Kier molecular flexibility index (Phi) is 7.33. The average molecular weight is 498 g/mol. The van der Waals surface area contributed by atoms with Gasteiger partial charge in [0.1, 0.15) is 0 Å². The Balaban J connectivity index is 3.14. The summed E-state index contributed by atoms with van der Waals surface area (Å²) < 4.78 is 170. The van der Waals surface area contributed by atoms with Crippen LogP contribution in [0.3, 0.4) is 0 Å². The fourth-order valence-electron chi connectivity index (χ4n) is 1.81. The molecule has 0 fully saturated rings. The summed E-state index contributed by atoms with van der Waals surface area (Å²) in [4.78, 5) is 22.9. The molecule has 17 heteroatoms. The zero-order valence-corrected chi connectivity index (χ0v) is 14.6. The highest BCUT2D eigenvalue weighted by molar-refractivity contribution is 6.10. The zero-order chi connectivity index (χ0) is 25.4. The van der Waals surface area contributed by atoms with Crippen LogP contribution in [-0.4, -0.2) is 48.1 Å². The molecule has 4 nitrogen and oxygen atoms in total. The van der Waals surface area contributed by atoms with Crippen molar-refractivity contribution in [3.63, 3.8) is 0 Å². The van der Waals surface area contributed by atoms with Crippen molar-refractivity contribution in [2.24, 2.45) is 0 Å². The van der Waals surface area contributed by atoms with Crippen LogP contribution in [-0.2, 0) is 14.3 Å². The van der Waals surface area contributed by atoms with Crippen LogP contribution < -0.4 is 0 Å². The molecule has 0 spiro atoms. The van der Waals surface area contributed by atoms with E-state index in [1.54, 1.807) is 4.74 Å². The van der Waals surface area contributed by atoms with Crippen molar-refractivity contribution < 1.29 is 76.1 Å². The number of halogens is 13. The Morgan fingerprint density at radius 1 is 0.656 bits per heavy atom. The highest BCUT2D eigenvalue weighted by Gasteiger charge is 2.80. The normalized spacial score (nSPS) is 14.4. The minimum absolute atomic E-state index is 0.498. The van der Waals surface area contributed by atoms with Crippen LogP contribution in [0.25, 0.3) is 0 Å². The third-order valence-corrected chi connectivity index (χ3v) is 3.36. The predicted octanol–water partition coefficient (Wildman–Crippen LogP) is 5.43. The first kappa shape index (κ1) is 27.6. The van der Waals surface area contributed by atoms with Crippen molar-refractivity contribution >= 4 is 11.6 Å². The molecule has 0 N–H and O–H groups in total. The first-order valence-corrected chi connectivity index (χ1v) is 7.55. The second-order valence-electron chi connectivity index (χ2n) is 5.74. The van der Waals surface area contributed by atoms with Gasteiger partial charge in [0.25, 0.3) is 0 Å². The topological polar surface area (TPSA) is 52.6 Å². The second-order valence-corrected chi connectivity index (χ2v) is 5.74. The fourth-order valence-corrected chi connectivity index (χ4v) is 1.81. The molecule has 0 radical (unpaired) electrons. The van der Waals surface area contributed by atoms with E-state index in [4.69, 9.17) is 0 Å². The molecule has 0 aliphatic rings. The molecule has 0 aliphatic carbocycles. The number of hydrogen-bond acceptors (Lipinski definition) is 4. The van der Waals surface area contributed by atoms with Crippen LogP contribution in [0.5, 0.6) is 0 Å². The van der Waals surface area contributed by atoms with Crippen LogP contribution in [0, 0.1) is 0 Å². The molecule has 32 heavy (non-hydrogen) atoms. The molecule has 1 aromatic carbocycles. The van der Waals surface area contributed by atoms with Crippen molar-refractivity contribution in [1.29, 1.82) is 0 Å². The smallest absolute Gasteiger partial charge is 0.294 e. The van der Waals surface area contributed by atoms with Gasteiger partial charge >= 0.3 is 36.5 Å². The van der Waals surface area contributed by atoms with Gasteiger partial charge in [-0.1, -0.05) is 30.3 Å². The summed E-state index contributed by atoms with van der Waals surface area (Å²) in [5, 5.41) is 0. The number of alkyl halides is 13. The Morgan fingerprint density at radius 3 is 1.53 bits per heavy atom. The van der Waals surface area contributed by atoms with Crippen molar-refractivity contribution in [3.8, 4) is 0 Å². The molecule has 1 rings (SSSR count). The number of Topliss-reactive ketones (excluding diaryl/α,β-unsaturated/α-hetero) is 2. The van der Waals surface area contributed by atoms with Gasteiger partial charge in [-0.25, -0.2) is 9.47 Å². The fraction of sp³-hybridized carbons (Fsp3) is 0.467. The first-order valence-electron chi connectivity index (χ1n) is 7.55. The third-order valence-electron chi connectivity index (χ3n) is 3.36. The number of ether oxygens (including phenoxy) is 2. The van der Waals surface area contributed by atoms with Crippen molar-refractivity contribution in [3.05, 3.63) is 35.9 Å². The van der Waals surface area contributed by atoms with Gasteiger partial charge in [-0.15, -0.1) is 13.2 Å². The van der Waals surface area contributed by atoms with E-state index < -0.39 is 60.1 Å². The number of rotatable bonds is 10. The lowest BCUT2D eigenvalue weighted by Crippen LogP contribution is -2.62. The van der Waals surface area contributed by atoms with E-state index in [0.29, 0.717) is 0 Å². The summed E-state index contributed by atoms with van der Waals surface area (Å²) in [6.45, 7) is 0. The molecular weight excluding hydrogens is 491 g/mol. The quantitative estimate of drug-likeness (QED) is 0.245. The number of ketones is 2. The minimum Gasteiger partial charge on any atom is -0.294 e. The summed E-state index contributed by atoms with van der Waals surface area (Å²) in [7, 11) is 0. The monoisotopic (exact) mass is 498 g/mol. The summed E-state index contributed by atoms with van der Waals surface area (Å²) in [5.41, 5.74) is -0.498. The summed E-state index contributed by atoms with van der Waals surface area (Å²) in [6, 6.07) is 5.41. The molecule has 0 saturated heterocycles. The summed E-state index contributed by atoms with van der Waals surface area (Å²) in [5.74, 6) is -18.8. The maximum atomic E-state index is 13.6. The largest absolute Gasteiger partial charge is 0.527 e. The molecule has 0 saturated carbocycles. The SMILES string of the molecule is O=C(CC(=O)C(F)(F)C(F)(F)OC(F)(F)C(F)(F)C(F)(F)OC(F)(F)F)c1ccccc1. The van der Waals surface area contributed by atoms with Gasteiger partial charge in [0.05, 0.1) is 6.42 Å². The molecule has 0 atom stereocenters. The highest BCUT2D eigenvalue weighted by Crippen LogP contribution is 2.52. The Morgan fingerprint density at radius 2 is 1.09 bits per heavy atom. The first-order chi connectivity index (χ1) is 14.1. The van der Waals surface area contributed by atoms with Crippen LogP contribution in [0.4, 0.5) is 57.1 Å². The highest BCUT2D eigenvalue weighted by atomic mass is 19.4. The molecule has 0 heterocycles. The number of carbonyl (C=O) groups excluding carboxylic acids is 2. The number of hydrogen-bond donors (Lipinski definition) is 0. The van der Waals surface area contributed by atoms with E-state index in [0.717, 1.165) is 24.3 Å². The lowest BCUT2D eigenvalue weighted by molar-refractivity contribution is -0.531. The summed E-state index contributed by atoms with van der Waals surface area (Å²) >= 11 is 0. The van der Waals surface area contributed by atoms with Gasteiger partial charge in [0, 0.05) is 5.56 Å². The minimum atomic E-state index is -7.60. The van der Waals surface area contributed by atoms with Gasteiger partial charge in [-0.05, 0) is 0 Å². The Hall–Kier alpha value is -2.43. The van der Waals surface area contributed by atoms with E-state index in [1.165, 1.54) is 10.8 Å². The maximum absolute atomic E-state index is 13.6. The van der Waals surface area contributed by atoms with Crippen molar-refractivity contribution in [2.45, 2.75) is 43.0 Å². The molecule has 0 aromatic heterocycles. The van der Waals surface area contributed by atoms with Crippen molar-refractivity contribution in [2.75, 3.05) is 0 Å². The Labute approximate surface area is 167 Å². The Bertz CT molecular complexity index is 833. The van der Waals surface area contributed by atoms with Gasteiger partial charge < -0.3 is 0 Å². The molecule has 182 valence electrons. The van der Waals surface area contributed by atoms with Crippen LogP contribution in [0.1, 0.15) is 16.8 Å². The van der Waals surface area contributed by atoms with Crippen LogP contribution >= 0.6 is 0 Å². The molecule has 0 unspecified atom stereocenters.